The lowest BCUT2D eigenvalue weighted by molar-refractivity contribution is 0.0746. The zero-order valence-electron chi connectivity index (χ0n) is 15.8. The van der Waals surface area contributed by atoms with Crippen molar-refractivity contribution in [2.45, 2.75) is 6.92 Å². The average molecular weight is 372 g/mol. The van der Waals surface area contributed by atoms with Crippen LogP contribution in [0.5, 0.6) is 17.6 Å². The fourth-order valence-electron chi connectivity index (χ4n) is 2.93. The number of carbonyl (C=O) groups is 1. The molecule has 1 aliphatic heterocycles. The number of hydrogen-bond donors (Lipinski definition) is 0. The molecule has 2 heterocycles. The summed E-state index contributed by atoms with van der Waals surface area (Å²) in [5.41, 5.74) is 0.664. The normalized spacial score (nSPS) is 14.0. The van der Waals surface area contributed by atoms with Crippen molar-refractivity contribution in [3.8, 4) is 17.6 Å². The summed E-state index contributed by atoms with van der Waals surface area (Å²) in [5, 5.41) is 0. The molecule has 27 heavy (non-hydrogen) atoms. The van der Waals surface area contributed by atoms with E-state index >= 15 is 0 Å². The van der Waals surface area contributed by atoms with Crippen molar-refractivity contribution in [1.82, 2.24) is 14.9 Å². The van der Waals surface area contributed by atoms with Crippen molar-refractivity contribution < 1.29 is 19.0 Å². The number of hydrogen-bond acceptors (Lipinski definition) is 7. The Morgan fingerprint density at radius 3 is 2.33 bits per heavy atom. The summed E-state index contributed by atoms with van der Waals surface area (Å²) in [6.45, 7) is 5.11. The molecule has 0 N–H and O–H groups in total. The maximum Gasteiger partial charge on any atom is 0.321 e. The molecule has 1 aromatic carbocycles. The molecule has 0 atom stereocenters. The molecule has 0 unspecified atom stereocenters. The number of anilines is 1. The molecule has 0 radical (unpaired) electrons. The largest absolute Gasteiger partial charge is 0.494 e. The van der Waals surface area contributed by atoms with Gasteiger partial charge in [0.15, 0.2) is 0 Å². The van der Waals surface area contributed by atoms with Gasteiger partial charge in [0.1, 0.15) is 11.6 Å². The van der Waals surface area contributed by atoms with Crippen LogP contribution < -0.4 is 19.1 Å². The molecule has 1 saturated heterocycles. The van der Waals surface area contributed by atoms with Crippen molar-refractivity contribution in [1.29, 1.82) is 0 Å². The molecule has 1 fully saturated rings. The molecular formula is C19H24N4O4. The van der Waals surface area contributed by atoms with Crippen molar-refractivity contribution in [3.05, 3.63) is 35.9 Å². The lowest BCUT2D eigenvalue weighted by Crippen LogP contribution is -2.49. The third kappa shape index (κ3) is 4.39. The summed E-state index contributed by atoms with van der Waals surface area (Å²) in [7, 11) is 3.07. The molecule has 0 bridgehead atoms. The van der Waals surface area contributed by atoms with Gasteiger partial charge in [0, 0.05) is 37.8 Å². The Kier molecular flexibility index (Phi) is 5.95. The van der Waals surface area contributed by atoms with Gasteiger partial charge in [-0.2, -0.15) is 9.97 Å². The molecule has 3 rings (SSSR count). The van der Waals surface area contributed by atoms with Gasteiger partial charge in [0.25, 0.3) is 5.91 Å². The van der Waals surface area contributed by atoms with Crippen LogP contribution in [-0.4, -0.2) is 67.8 Å². The van der Waals surface area contributed by atoms with E-state index in [0.29, 0.717) is 44.2 Å². The predicted octanol–water partition coefficient (Wildman–Crippen LogP) is 1.85. The quantitative estimate of drug-likeness (QED) is 0.766. The van der Waals surface area contributed by atoms with Gasteiger partial charge >= 0.3 is 6.01 Å². The number of methoxy groups -OCH3 is 2. The Morgan fingerprint density at radius 2 is 1.74 bits per heavy atom. The Bertz CT molecular complexity index is 752. The number of ether oxygens (including phenoxy) is 3. The van der Waals surface area contributed by atoms with Gasteiger partial charge in [0.2, 0.25) is 5.88 Å². The summed E-state index contributed by atoms with van der Waals surface area (Å²) >= 11 is 0. The second kappa shape index (κ2) is 8.57. The van der Waals surface area contributed by atoms with E-state index in [9.17, 15) is 4.79 Å². The Hall–Kier alpha value is -3.03. The molecule has 8 nitrogen and oxygen atoms in total. The fourth-order valence-corrected chi connectivity index (χ4v) is 2.93. The standard InChI is InChI=1S/C19H24N4O4/c1-4-27-15-7-5-14(6-8-15)18(24)23-11-9-22(10-12-23)16-13-17(25-2)21-19(20-16)26-3/h5-8,13H,4,9-12H2,1-3H3. The van der Waals surface area contributed by atoms with Crippen LogP contribution in [0.3, 0.4) is 0 Å². The van der Waals surface area contributed by atoms with Gasteiger partial charge in [-0.05, 0) is 31.2 Å². The highest BCUT2D eigenvalue weighted by Crippen LogP contribution is 2.22. The Labute approximate surface area is 158 Å². The highest BCUT2D eigenvalue weighted by Gasteiger charge is 2.24. The third-order valence-electron chi connectivity index (χ3n) is 4.36. The smallest absolute Gasteiger partial charge is 0.321 e. The van der Waals surface area contributed by atoms with E-state index in [1.165, 1.54) is 7.11 Å². The summed E-state index contributed by atoms with van der Waals surface area (Å²) in [6, 6.07) is 9.29. The van der Waals surface area contributed by atoms with E-state index in [-0.39, 0.29) is 11.9 Å². The fraction of sp³-hybridized carbons (Fsp3) is 0.421. The van der Waals surface area contributed by atoms with Crippen LogP contribution >= 0.6 is 0 Å². The summed E-state index contributed by atoms with van der Waals surface area (Å²) in [5.74, 6) is 1.97. The first-order chi connectivity index (χ1) is 13.1. The number of nitrogens with zero attached hydrogens (tertiary/aromatic N) is 4. The summed E-state index contributed by atoms with van der Waals surface area (Å²) < 4.78 is 15.8. The molecule has 2 aromatic rings. The molecule has 1 aliphatic rings. The van der Waals surface area contributed by atoms with E-state index in [1.54, 1.807) is 25.3 Å². The van der Waals surface area contributed by atoms with Gasteiger partial charge in [-0.25, -0.2) is 0 Å². The molecule has 0 saturated carbocycles. The minimum Gasteiger partial charge on any atom is -0.494 e. The maximum atomic E-state index is 12.7. The van der Waals surface area contributed by atoms with Gasteiger partial charge in [0.05, 0.1) is 20.8 Å². The molecule has 1 amide bonds. The van der Waals surface area contributed by atoms with Gasteiger partial charge in [-0.1, -0.05) is 0 Å². The van der Waals surface area contributed by atoms with Crippen LogP contribution in [0.15, 0.2) is 30.3 Å². The minimum atomic E-state index is 0.0237. The van der Waals surface area contributed by atoms with Crippen molar-refractivity contribution in [3.63, 3.8) is 0 Å². The van der Waals surface area contributed by atoms with E-state index in [0.717, 1.165) is 11.6 Å². The van der Waals surface area contributed by atoms with Gasteiger partial charge in [-0.3, -0.25) is 4.79 Å². The number of amides is 1. The third-order valence-corrected chi connectivity index (χ3v) is 4.36. The van der Waals surface area contributed by atoms with E-state index in [2.05, 4.69) is 14.9 Å². The second-order valence-corrected chi connectivity index (χ2v) is 5.99. The van der Waals surface area contributed by atoms with E-state index in [4.69, 9.17) is 14.2 Å². The number of aromatic nitrogens is 2. The van der Waals surface area contributed by atoms with Crippen molar-refractivity contribution in [2.24, 2.45) is 0 Å². The van der Waals surface area contributed by atoms with Crippen LogP contribution in [-0.2, 0) is 0 Å². The summed E-state index contributed by atoms with van der Waals surface area (Å²) in [6.07, 6.45) is 0. The van der Waals surface area contributed by atoms with Crippen LogP contribution in [0.4, 0.5) is 5.82 Å². The SMILES string of the molecule is CCOc1ccc(C(=O)N2CCN(c3cc(OC)nc(OC)n3)CC2)cc1. The minimum absolute atomic E-state index is 0.0237. The number of carbonyl (C=O) groups excluding carboxylic acids is 1. The molecule has 144 valence electrons. The second-order valence-electron chi connectivity index (χ2n) is 5.99. The van der Waals surface area contributed by atoms with Crippen LogP contribution in [0.2, 0.25) is 0 Å². The molecule has 0 spiro atoms. The van der Waals surface area contributed by atoms with Crippen LogP contribution in [0.1, 0.15) is 17.3 Å². The molecule has 0 aliphatic carbocycles. The van der Waals surface area contributed by atoms with Crippen LogP contribution in [0.25, 0.3) is 0 Å². The van der Waals surface area contributed by atoms with Gasteiger partial charge < -0.3 is 24.0 Å². The van der Waals surface area contributed by atoms with Crippen molar-refractivity contribution >= 4 is 11.7 Å². The van der Waals surface area contributed by atoms with Gasteiger partial charge in [-0.15, -0.1) is 0 Å². The zero-order chi connectivity index (χ0) is 19.2. The monoisotopic (exact) mass is 372 g/mol. The number of rotatable bonds is 6. The highest BCUT2D eigenvalue weighted by atomic mass is 16.5. The molecular weight excluding hydrogens is 348 g/mol. The molecule has 8 heteroatoms. The summed E-state index contributed by atoms with van der Waals surface area (Å²) in [4.78, 5) is 25.1. The lowest BCUT2D eigenvalue weighted by Gasteiger charge is -2.35. The Morgan fingerprint density at radius 1 is 1.04 bits per heavy atom. The average Bonchev–Trinajstić information content (AvgIpc) is 2.73. The first kappa shape index (κ1) is 18.8. The maximum absolute atomic E-state index is 12.7. The first-order valence-electron chi connectivity index (χ1n) is 8.88. The van der Waals surface area contributed by atoms with E-state index in [1.807, 2.05) is 24.0 Å². The zero-order valence-corrected chi connectivity index (χ0v) is 15.8. The first-order valence-corrected chi connectivity index (χ1v) is 8.88. The van der Waals surface area contributed by atoms with Crippen LogP contribution in [0, 0.1) is 0 Å². The highest BCUT2D eigenvalue weighted by molar-refractivity contribution is 5.94. The van der Waals surface area contributed by atoms with Crippen molar-refractivity contribution in [2.75, 3.05) is 51.9 Å². The predicted molar refractivity (Wildman–Crippen MR) is 101 cm³/mol. The number of piperazine rings is 1. The topological polar surface area (TPSA) is 77.0 Å². The van der Waals surface area contributed by atoms with E-state index < -0.39 is 0 Å². The molecule has 1 aromatic heterocycles. The Balaban J connectivity index is 1.64. The lowest BCUT2D eigenvalue weighted by atomic mass is 10.1. The number of benzene rings is 1.